The van der Waals surface area contributed by atoms with Crippen molar-refractivity contribution in [2.75, 3.05) is 13.1 Å². The molecular formula is C20H26N4O3. The minimum absolute atomic E-state index is 0.0992. The number of hydrogen-bond acceptors (Lipinski definition) is 4. The molecule has 5 rings (SSSR count). The molecule has 27 heavy (non-hydrogen) atoms. The van der Waals surface area contributed by atoms with E-state index in [1.165, 1.54) is 0 Å². The lowest BCUT2D eigenvalue weighted by Crippen LogP contribution is -2.43. The molecule has 2 aliphatic heterocycles. The van der Waals surface area contributed by atoms with Crippen LogP contribution in [0.1, 0.15) is 68.1 Å². The zero-order valence-electron chi connectivity index (χ0n) is 15.6. The first-order valence-electron chi connectivity index (χ1n) is 10.3. The molecule has 144 valence electrons. The molecule has 2 amide bonds. The van der Waals surface area contributed by atoms with Crippen molar-refractivity contribution in [2.45, 2.75) is 64.0 Å². The Balaban J connectivity index is 1.43. The number of fused-ring (bicyclic) bond motifs is 1. The Morgan fingerprint density at radius 1 is 0.963 bits per heavy atom. The minimum atomic E-state index is -0.139. The van der Waals surface area contributed by atoms with E-state index in [0.717, 1.165) is 57.2 Å². The summed E-state index contributed by atoms with van der Waals surface area (Å²) >= 11 is 0. The number of H-pyrrole nitrogens is 1. The van der Waals surface area contributed by atoms with E-state index in [-0.39, 0.29) is 35.3 Å². The fourth-order valence-electron chi connectivity index (χ4n) is 4.44. The molecule has 2 aliphatic carbocycles. The van der Waals surface area contributed by atoms with Crippen LogP contribution in [-0.2, 0) is 22.6 Å². The lowest BCUT2D eigenvalue weighted by Gasteiger charge is -2.36. The minimum Gasteiger partial charge on any atom is -0.336 e. The van der Waals surface area contributed by atoms with Crippen LogP contribution in [0.5, 0.6) is 0 Å². The molecule has 1 aromatic heterocycles. The molecule has 1 aromatic rings. The maximum absolute atomic E-state index is 12.7. The number of amides is 2. The van der Waals surface area contributed by atoms with Crippen LogP contribution >= 0.6 is 0 Å². The Labute approximate surface area is 158 Å². The number of aromatic nitrogens is 2. The molecule has 7 heteroatoms. The highest BCUT2D eigenvalue weighted by Gasteiger charge is 2.39. The third kappa shape index (κ3) is 3.17. The topological polar surface area (TPSA) is 86.4 Å². The zero-order valence-corrected chi connectivity index (χ0v) is 15.6. The average molecular weight is 370 g/mol. The molecule has 1 N–H and O–H groups in total. The molecule has 4 aliphatic rings. The van der Waals surface area contributed by atoms with Crippen LogP contribution in [0.3, 0.4) is 0 Å². The van der Waals surface area contributed by atoms with E-state index in [0.29, 0.717) is 30.9 Å². The molecule has 0 bridgehead atoms. The summed E-state index contributed by atoms with van der Waals surface area (Å²) in [5, 5.41) is 0. The molecule has 7 nitrogen and oxygen atoms in total. The summed E-state index contributed by atoms with van der Waals surface area (Å²) < 4.78 is 0. The summed E-state index contributed by atoms with van der Waals surface area (Å²) in [5.74, 6) is 1.37. The van der Waals surface area contributed by atoms with Gasteiger partial charge in [-0.15, -0.1) is 0 Å². The second-order valence-corrected chi connectivity index (χ2v) is 8.48. The Hall–Kier alpha value is -2.18. The van der Waals surface area contributed by atoms with E-state index in [1.54, 1.807) is 0 Å². The van der Waals surface area contributed by atoms with Gasteiger partial charge in [0, 0.05) is 30.5 Å². The van der Waals surface area contributed by atoms with Crippen molar-refractivity contribution >= 4 is 11.8 Å². The number of piperidine rings is 1. The van der Waals surface area contributed by atoms with Crippen molar-refractivity contribution in [2.24, 2.45) is 11.8 Å². The number of carbonyl (C=O) groups excluding carboxylic acids is 2. The van der Waals surface area contributed by atoms with Gasteiger partial charge in [-0.1, -0.05) is 0 Å². The molecule has 1 saturated heterocycles. The molecule has 0 spiro atoms. The summed E-state index contributed by atoms with van der Waals surface area (Å²) in [6, 6.07) is -0.139. The molecule has 3 fully saturated rings. The molecule has 0 radical (unpaired) electrons. The number of carbonyl (C=O) groups is 2. The highest BCUT2D eigenvalue weighted by molar-refractivity contribution is 5.82. The van der Waals surface area contributed by atoms with E-state index in [4.69, 9.17) is 4.98 Å². The van der Waals surface area contributed by atoms with Crippen molar-refractivity contribution in [1.29, 1.82) is 0 Å². The standard InChI is InChI=1S/C20H26N4O3/c25-18-14-8-10-23(19(26)12-4-5-12)11-15(14)21-17(22-18)16-3-1-2-9-24(16)20(27)13-6-7-13/h12-13,16H,1-11H2,(H,21,22,25). The first kappa shape index (κ1) is 17.0. The van der Waals surface area contributed by atoms with Crippen LogP contribution in [0.25, 0.3) is 0 Å². The highest BCUT2D eigenvalue weighted by Crippen LogP contribution is 2.37. The summed E-state index contributed by atoms with van der Waals surface area (Å²) in [5.41, 5.74) is 1.32. The van der Waals surface area contributed by atoms with Crippen molar-refractivity contribution in [3.63, 3.8) is 0 Å². The maximum Gasteiger partial charge on any atom is 0.254 e. The largest absolute Gasteiger partial charge is 0.336 e. The first-order chi connectivity index (χ1) is 13.1. The van der Waals surface area contributed by atoms with Crippen LogP contribution < -0.4 is 5.56 Å². The average Bonchev–Trinajstić information content (AvgIpc) is 3.58. The quantitative estimate of drug-likeness (QED) is 0.874. The van der Waals surface area contributed by atoms with E-state index in [1.807, 2.05) is 9.80 Å². The SMILES string of the molecule is O=C(C1CC1)N1CCc2c(nc(C3CCCCN3C(=O)C3CC3)[nH]c2=O)C1. The predicted molar refractivity (Wildman–Crippen MR) is 97.7 cm³/mol. The lowest BCUT2D eigenvalue weighted by molar-refractivity contribution is -0.136. The van der Waals surface area contributed by atoms with Crippen LogP contribution in [0.4, 0.5) is 0 Å². The normalized spacial score (nSPS) is 25.3. The third-order valence-electron chi connectivity index (χ3n) is 6.36. The van der Waals surface area contributed by atoms with Gasteiger partial charge in [0.15, 0.2) is 0 Å². The first-order valence-corrected chi connectivity index (χ1v) is 10.3. The fourth-order valence-corrected chi connectivity index (χ4v) is 4.44. The van der Waals surface area contributed by atoms with Gasteiger partial charge in [-0.3, -0.25) is 14.4 Å². The number of likely N-dealkylation sites (tertiary alicyclic amines) is 1. The summed E-state index contributed by atoms with van der Waals surface area (Å²) in [4.78, 5) is 49.3. The third-order valence-corrected chi connectivity index (χ3v) is 6.36. The maximum atomic E-state index is 12.7. The van der Waals surface area contributed by atoms with Gasteiger partial charge in [0.25, 0.3) is 5.56 Å². The van der Waals surface area contributed by atoms with E-state index < -0.39 is 0 Å². The Bertz CT molecular complexity index is 840. The van der Waals surface area contributed by atoms with E-state index >= 15 is 0 Å². The van der Waals surface area contributed by atoms with Gasteiger partial charge in [0.2, 0.25) is 11.8 Å². The van der Waals surface area contributed by atoms with E-state index in [2.05, 4.69) is 4.98 Å². The van der Waals surface area contributed by atoms with Crippen LogP contribution in [0.2, 0.25) is 0 Å². The summed E-state index contributed by atoms with van der Waals surface area (Å²) in [6.45, 7) is 1.76. The van der Waals surface area contributed by atoms with Crippen molar-refractivity contribution < 1.29 is 9.59 Å². The Morgan fingerprint density at radius 3 is 2.44 bits per heavy atom. The van der Waals surface area contributed by atoms with Gasteiger partial charge in [0.1, 0.15) is 5.82 Å². The monoisotopic (exact) mass is 370 g/mol. The van der Waals surface area contributed by atoms with E-state index in [9.17, 15) is 14.4 Å². The lowest BCUT2D eigenvalue weighted by atomic mass is 9.99. The van der Waals surface area contributed by atoms with Gasteiger partial charge in [0.05, 0.1) is 18.3 Å². The van der Waals surface area contributed by atoms with Crippen molar-refractivity contribution in [3.05, 3.63) is 27.4 Å². The smallest absolute Gasteiger partial charge is 0.254 e. The predicted octanol–water partition coefficient (Wildman–Crippen LogP) is 1.53. The molecular weight excluding hydrogens is 344 g/mol. The van der Waals surface area contributed by atoms with Gasteiger partial charge < -0.3 is 14.8 Å². The molecule has 1 unspecified atom stereocenters. The summed E-state index contributed by atoms with van der Waals surface area (Å²) in [6.07, 6.45) is 7.37. The fraction of sp³-hybridized carbons (Fsp3) is 0.700. The second-order valence-electron chi connectivity index (χ2n) is 8.48. The molecule has 3 heterocycles. The van der Waals surface area contributed by atoms with Crippen LogP contribution in [-0.4, -0.2) is 44.7 Å². The molecule has 2 saturated carbocycles. The Morgan fingerprint density at radius 2 is 1.70 bits per heavy atom. The van der Waals surface area contributed by atoms with Gasteiger partial charge in [-0.05, 0) is 51.4 Å². The number of aromatic amines is 1. The van der Waals surface area contributed by atoms with Crippen molar-refractivity contribution in [3.8, 4) is 0 Å². The highest BCUT2D eigenvalue weighted by atomic mass is 16.2. The number of nitrogens with one attached hydrogen (secondary N) is 1. The Kier molecular flexibility index (Phi) is 4.06. The summed E-state index contributed by atoms with van der Waals surface area (Å²) in [7, 11) is 0. The van der Waals surface area contributed by atoms with Crippen LogP contribution in [0.15, 0.2) is 4.79 Å². The van der Waals surface area contributed by atoms with Crippen molar-refractivity contribution in [1.82, 2.24) is 19.8 Å². The number of hydrogen-bond donors (Lipinski definition) is 1. The van der Waals surface area contributed by atoms with Gasteiger partial charge in [-0.2, -0.15) is 0 Å². The second kappa shape index (κ2) is 6.46. The van der Waals surface area contributed by atoms with Gasteiger partial charge in [-0.25, -0.2) is 4.98 Å². The zero-order chi connectivity index (χ0) is 18.5. The molecule has 1 atom stereocenters. The van der Waals surface area contributed by atoms with Crippen LogP contribution in [0, 0.1) is 11.8 Å². The number of nitrogens with zero attached hydrogens (tertiary/aromatic N) is 3. The number of rotatable bonds is 3. The molecule has 0 aromatic carbocycles. The van der Waals surface area contributed by atoms with Gasteiger partial charge >= 0.3 is 0 Å².